The van der Waals surface area contributed by atoms with Gasteiger partial charge < -0.3 is 33.8 Å². The largest absolute Gasteiger partial charge is 0.472 e. The molecule has 0 saturated heterocycles. The predicted molar refractivity (Wildman–Crippen MR) is 404 cm³/mol. The summed E-state index contributed by atoms with van der Waals surface area (Å²) in [4.78, 5) is 73.0. The van der Waals surface area contributed by atoms with Crippen LogP contribution in [0.1, 0.15) is 409 Å². The van der Waals surface area contributed by atoms with Crippen molar-refractivity contribution < 1.29 is 80.2 Å². The molecule has 0 aliphatic carbocycles. The van der Waals surface area contributed by atoms with Crippen molar-refractivity contribution in [3.8, 4) is 0 Å². The van der Waals surface area contributed by atoms with Crippen molar-refractivity contribution in [2.45, 2.75) is 427 Å². The van der Waals surface area contributed by atoms with E-state index in [9.17, 15) is 43.2 Å². The smallest absolute Gasteiger partial charge is 0.462 e. The number of hydrogen-bond acceptors (Lipinski definition) is 15. The number of aliphatic hydroxyl groups is 1. The monoisotopic (exact) mass is 1450 g/mol. The second-order valence-corrected chi connectivity index (χ2v) is 33.1. The van der Waals surface area contributed by atoms with Crippen molar-refractivity contribution in [3.05, 3.63) is 0 Å². The second-order valence-electron chi connectivity index (χ2n) is 30.2. The second kappa shape index (κ2) is 69.1. The lowest BCUT2D eigenvalue weighted by Crippen LogP contribution is -2.30. The summed E-state index contributed by atoms with van der Waals surface area (Å²) in [6.07, 6.45) is 55.5. The summed E-state index contributed by atoms with van der Waals surface area (Å²) in [6, 6.07) is 0. The minimum absolute atomic E-state index is 0.105. The first-order chi connectivity index (χ1) is 47.7. The number of esters is 4. The maximum absolute atomic E-state index is 13.1. The van der Waals surface area contributed by atoms with Gasteiger partial charge in [0.2, 0.25) is 0 Å². The third kappa shape index (κ3) is 71.5. The molecule has 0 rings (SSSR count). The summed E-state index contributed by atoms with van der Waals surface area (Å²) < 4.78 is 68.7. The fraction of sp³-hybridized carbons (Fsp3) is 0.950. The van der Waals surface area contributed by atoms with Crippen LogP contribution in [0.15, 0.2) is 0 Å². The van der Waals surface area contributed by atoms with Gasteiger partial charge in [-0.15, -0.1) is 0 Å². The Hall–Kier alpha value is -1.94. The van der Waals surface area contributed by atoms with Crippen LogP contribution in [-0.2, 0) is 65.4 Å². The van der Waals surface area contributed by atoms with Gasteiger partial charge in [0.05, 0.1) is 26.4 Å². The summed E-state index contributed by atoms with van der Waals surface area (Å²) in [5.41, 5.74) is 0. The number of phosphoric acid groups is 2. The van der Waals surface area contributed by atoms with Gasteiger partial charge in [0.25, 0.3) is 0 Å². The number of phosphoric ester groups is 2. The Bertz CT molecular complexity index is 1940. The first-order valence-corrected chi connectivity index (χ1v) is 44.3. The zero-order valence-electron chi connectivity index (χ0n) is 65.1. The molecule has 0 aromatic rings. The van der Waals surface area contributed by atoms with Gasteiger partial charge in [-0.25, -0.2) is 9.13 Å². The molecule has 0 radical (unpaired) electrons. The van der Waals surface area contributed by atoms with Gasteiger partial charge in [0.15, 0.2) is 12.2 Å². The third-order valence-corrected chi connectivity index (χ3v) is 21.2. The topological polar surface area (TPSA) is 237 Å². The van der Waals surface area contributed by atoms with E-state index >= 15 is 0 Å². The molecule has 0 saturated carbocycles. The highest BCUT2D eigenvalue weighted by Crippen LogP contribution is 2.45. The van der Waals surface area contributed by atoms with E-state index < -0.39 is 97.5 Å². The summed E-state index contributed by atoms with van der Waals surface area (Å²) in [5.74, 6) is 0.997. The first-order valence-electron chi connectivity index (χ1n) is 41.3. The number of carbonyl (C=O) groups excluding carboxylic acids is 4. The van der Waals surface area contributed by atoms with Crippen molar-refractivity contribution in [3.63, 3.8) is 0 Å². The molecule has 0 fully saturated rings. The average Bonchev–Trinajstić information content (AvgIpc) is 1.01. The van der Waals surface area contributed by atoms with Gasteiger partial charge in [-0.2, -0.15) is 0 Å². The van der Waals surface area contributed by atoms with Gasteiger partial charge in [-0.3, -0.25) is 37.3 Å². The zero-order chi connectivity index (χ0) is 73.1. The Balaban J connectivity index is 5.20. The van der Waals surface area contributed by atoms with E-state index in [1.54, 1.807) is 0 Å². The normalized spacial score (nSPS) is 14.6. The van der Waals surface area contributed by atoms with Gasteiger partial charge >= 0.3 is 39.5 Å². The lowest BCUT2D eigenvalue weighted by atomic mass is 9.99. The maximum atomic E-state index is 13.1. The molecule has 588 valence electrons. The van der Waals surface area contributed by atoms with E-state index in [0.29, 0.717) is 25.7 Å². The van der Waals surface area contributed by atoms with Crippen molar-refractivity contribution in [1.29, 1.82) is 0 Å². The standard InChI is InChI=1S/C80H156O17P2/c1-9-72(7)58-50-42-34-30-31-37-47-55-63-80(85)97-75(66-90-77(82)60-52-44-35-28-24-20-16-12-11-14-18-22-26-32-40-48-56-70(3)4)68-94-98(86,87)92-64-74(81)65-93-99(88,89)95-69-76(67-91-78(83)61-53-45-39-38-43-51-59-73(8)10-2)96-79(84)62-54-46-36-29-25-21-17-13-15-19-23-27-33-41-49-57-71(5)6/h70-76,81H,9-69H2,1-8H3,(H,86,87)(H,88,89)/t72?,73?,74-,75-,76-/m1/s1. The number of aliphatic hydroxyl groups excluding tert-OH is 1. The summed E-state index contributed by atoms with van der Waals surface area (Å²) >= 11 is 0. The molecule has 19 heteroatoms. The van der Waals surface area contributed by atoms with Crippen LogP contribution in [0, 0.1) is 23.7 Å². The average molecular weight is 1450 g/mol. The van der Waals surface area contributed by atoms with Crippen LogP contribution >= 0.6 is 15.6 Å². The number of carbonyl (C=O) groups is 4. The van der Waals surface area contributed by atoms with Gasteiger partial charge in [-0.05, 0) is 49.4 Å². The molecule has 99 heavy (non-hydrogen) atoms. The molecule has 0 aliphatic rings. The summed E-state index contributed by atoms with van der Waals surface area (Å²) in [6.45, 7) is 14.2. The lowest BCUT2D eigenvalue weighted by molar-refractivity contribution is -0.161. The maximum Gasteiger partial charge on any atom is 0.472 e. The summed E-state index contributed by atoms with van der Waals surface area (Å²) in [7, 11) is -9.92. The van der Waals surface area contributed by atoms with E-state index in [2.05, 4.69) is 55.4 Å². The molecule has 4 unspecified atom stereocenters. The van der Waals surface area contributed by atoms with Crippen LogP contribution < -0.4 is 0 Å². The molecular weight excluding hydrogens is 1290 g/mol. The Morgan fingerprint density at radius 2 is 0.485 bits per heavy atom. The minimum Gasteiger partial charge on any atom is -0.462 e. The molecule has 0 amide bonds. The van der Waals surface area contributed by atoms with Crippen molar-refractivity contribution in [2.75, 3.05) is 39.6 Å². The van der Waals surface area contributed by atoms with Crippen molar-refractivity contribution >= 4 is 39.5 Å². The first kappa shape index (κ1) is 97.1. The summed E-state index contributed by atoms with van der Waals surface area (Å²) in [5, 5.41) is 10.6. The molecule has 0 aromatic heterocycles. The highest BCUT2D eigenvalue weighted by molar-refractivity contribution is 7.47. The number of rotatable bonds is 77. The Kier molecular flexibility index (Phi) is 67.8. The van der Waals surface area contributed by atoms with E-state index in [-0.39, 0.29) is 25.7 Å². The molecule has 0 aliphatic heterocycles. The molecule has 17 nitrogen and oxygen atoms in total. The Morgan fingerprint density at radius 1 is 0.283 bits per heavy atom. The Morgan fingerprint density at radius 3 is 0.717 bits per heavy atom. The number of unbranched alkanes of at least 4 members (excludes halogenated alkanes) is 41. The SMILES string of the molecule is CCC(C)CCCCCCCCCCC(=O)O[C@H](COC(=O)CCCCCCCCCCCCCCCCCCC(C)C)COP(=O)(O)OC[C@@H](O)COP(=O)(O)OC[C@@H](COC(=O)CCCCCCCCC(C)CC)OC(=O)CCCCCCCCCCCCCCCCCC(C)C. The van der Waals surface area contributed by atoms with Gasteiger partial charge in [0, 0.05) is 25.7 Å². The highest BCUT2D eigenvalue weighted by atomic mass is 31.2. The lowest BCUT2D eigenvalue weighted by Gasteiger charge is -2.21. The Labute approximate surface area is 607 Å². The van der Waals surface area contributed by atoms with Crippen molar-refractivity contribution in [2.24, 2.45) is 23.7 Å². The van der Waals surface area contributed by atoms with Crippen LogP contribution in [0.25, 0.3) is 0 Å². The molecule has 0 aromatic carbocycles. The fourth-order valence-corrected chi connectivity index (χ4v) is 13.8. The quantitative estimate of drug-likeness (QED) is 0.0222. The van der Waals surface area contributed by atoms with Crippen molar-refractivity contribution in [1.82, 2.24) is 0 Å². The van der Waals surface area contributed by atoms with Crippen LogP contribution in [0.5, 0.6) is 0 Å². The van der Waals surface area contributed by atoms with E-state index in [0.717, 1.165) is 120 Å². The highest BCUT2D eigenvalue weighted by Gasteiger charge is 2.30. The van der Waals surface area contributed by atoms with E-state index in [1.165, 1.54) is 205 Å². The van der Waals surface area contributed by atoms with Crippen LogP contribution in [0.3, 0.4) is 0 Å². The number of hydrogen-bond donors (Lipinski definition) is 3. The van der Waals surface area contributed by atoms with E-state index in [4.69, 9.17) is 37.0 Å². The number of ether oxygens (including phenoxy) is 4. The molecule has 0 heterocycles. The zero-order valence-corrected chi connectivity index (χ0v) is 66.9. The van der Waals surface area contributed by atoms with Crippen LogP contribution in [0.4, 0.5) is 0 Å². The fourth-order valence-electron chi connectivity index (χ4n) is 12.2. The molecular formula is C80H156O17P2. The van der Waals surface area contributed by atoms with Gasteiger partial charge in [0.1, 0.15) is 19.3 Å². The minimum atomic E-state index is -4.96. The molecule has 3 N–H and O–H groups in total. The molecule has 0 bridgehead atoms. The predicted octanol–water partition coefficient (Wildman–Crippen LogP) is 23.6. The van der Waals surface area contributed by atoms with Crippen LogP contribution in [-0.4, -0.2) is 96.7 Å². The van der Waals surface area contributed by atoms with Crippen LogP contribution in [0.2, 0.25) is 0 Å². The third-order valence-electron chi connectivity index (χ3n) is 19.3. The van der Waals surface area contributed by atoms with E-state index in [1.807, 2.05) is 0 Å². The van der Waals surface area contributed by atoms with Gasteiger partial charge in [-0.1, -0.05) is 357 Å². The molecule has 7 atom stereocenters. The molecule has 0 spiro atoms.